The molecular formula is C21H24FN7O4. The number of imide groups is 1. The van der Waals surface area contributed by atoms with Gasteiger partial charge in [0, 0.05) is 12.7 Å². The van der Waals surface area contributed by atoms with Crippen molar-refractivity contribution in [3.05, 3.63) is 53.5 Å². The van der Waals surface area contributed by atoms with Gasteiger partial charge in [-0.1, -0.05) is 17.3 Å². The van der Waals surface area contributed by atoms with Crippen LogP contribution in [-0.2, 0) is 16.1 Å². The van der Waals surface area contributed by atoms with E-state index in [0.29, 0.717) is 11.1 Å². The molecule has 0 bridgehead atoms. The molecule has 1 atom stereocenters. The number of anilines is 1. The van der Waals surface area contributed by atoms with E-state index in [0.717, 1.165) is 4.90 Å². The molecule has 2 aliphatic rings. The lowest BCUT2D eigenvalue weighted by atomic mass is 10.1. The van der Waals surface area contributed by atoms with Gasteiger partial charge in [0.1, 0.15) is 11.8 Å². The van der Waals surface area contributed by atoms with E-state index in [1.54, 1.807) is 45.0 Å². The third-order valence-electron chi connectivity index (χ3n) is 4.86. The van der Waals surface area contributed by atoms with Gasteiger partial charge in [-0.05, 0) is 39.3 Å². The average molecular weight is 457 g/mol. The summed E-state index contributed by atoms with van der Waals surface area (Å²) < 4.78 is 21.1. The van der Waals surface area contributed by atoms with Crippen molar-refractivity contribution >= 4 is 23.6 Å². The number of carbonyl (C=O) groups excluding carboxylic acids is 3. The molecule has 2 amide bonds. The number of hydrazine groups is 2. The summed E-state index contributed by atoms with van der Waals surface area (Å²) in [6, 6.07) is 6.49. The molecule has 12 heteroatoms. The zero-order chi connectivity index (χ0) is 23.8. The van der Waals surface area contributed by atoms with Gasteiger partial charge in [0.05, 0.1) is 23.9 Å². The highest BCUT2D eigenvalue weighted by Crippen LogP contribution is 2.26. The molecule has 0 spiro atoms. The third-order valence-corrected chi connectivity index (χ3v) is 4.86. The minimum Gasteiger partial charge on any atom is -0.455 e. The van der Waals surface area contributed by atoms with Crippen molar-refractivity contribution in [2.75, 3.05) is 11.4 Å². The number of alkyl halides is 1. The summed E-state index contributed by atoms with van der Waals surface area (Å²) in [7, 11) is 0. The van der Waals surface area contributed by atoms with Gasteiger partial charge in [0.15, 0.2) is 11.5 Å². The number of nitrogens with one attached hydrogen (secondary N) is 2. The van der Waals surface area contributed by atoms with Crippen LogP contribution in [0.1, 0.15) is 47.9 Å². The molecule has 174 valence electrons. The zero-order valence-electron chi connectivity index (χ0n) is 18.4. The maximum Gasteiger partial charge on any atom is 0.357 e. The lowest BCUT2D eigenvalue weighted by molar-refractivity contribution is -0.150. The van der Waals surface area contributed by atoms with Crippen LogP contribution in [0, 0.1) is 0 Å². The molecule has 11 nitrogen and oxygen atoms in total. The molecule has 2 aliphatic heterocycles. The number of esters is 1. The first-order valence-electron chi connectivity index (χ1n) is 10.4. The van der Waals surface area contributed by atoms with Gasteiger partial charge >= 0.3 is 5.97 Å². The molecule has 0 saturated heterocycles. The van der Waals surface area contributed by atoms with Gasteiger partial charge in [-0.2, -0.15) is 0 Å². The molecular weight excluding hydrogens is 433 g/mol. The first-order valence-corrected chi connectivity index (χ1v) is 10.4. The van der Waals surface area contributed by atoms with E-state index < -0.39 is 29.6 Å². The van der Waals surface area contributed by atoms with Crippen molar-refractivity contribution in [3.63, 3.8) is 0 Å². The standard InChI is InChI=1S/C21H24FN7O4/c1-21(2,3)33-20(32)16-11-27(25-23-16)9-8-13(22)10-28-12-17(24-26-28)29-18(30)14-6-4-5-7-15(14)19(29)31/h4-7,11-13,23,25H,8-10H2,1-3H3. The number of aromatic nitrogens is 3. The number of fused-ring (bicyclic) bond motifs is 1. The second-order valence-electron chi connectivity index (χ2n) is 8.65. The number of amides is 2. The van der Waals surface area contributed by atoms with Crippen LogP contribution in [0.15, 0.2) is 42.4 Å². The van der Waals surface area contributed by atoms with Crippen LogP contribution < -0.4 is 15.9 Å². The number of ether oxygens (including phenoxy) is 1. The molecule has 0 fully saturated rings. The summed E-state index contributed by atoms with van der Waals surface area (Å²) in [5.74, 6) is -1.44. The van der Waals surface area contributed by atoms with E-state index in [1.807, 2.05) is 0 Å². The van der Waals surface area contributed by atoms with Crippen molar-refractivity contribution < 1.29 is 23.5 Å². The summed E-state index contributed by atoms with van der Waals surface area (Å²) in [5.41, 5.74) is 5.65. The maximum atomic E-state index is 14.6. The summed E-state index contributed by atoms with van der Waals surface area (Å²) in [5, 5.41) is 9.25. The second-order valence-corrected chi connectivity index (χ2v) is 8.65. The Morgan fingerprint density at radius 2 is 1.85 bits per heavy atom. The predicted molar refractivity (Wildman–Crippen MR) is 114 cm³/mol. The third kappa shape index (κ3) is 4.85. The van der Waals surface area contributed by atoms with Crippen LogP contribution in [0.3, 0.4) is 0 Å². The predicted octanol–water partition coefficient (Wildman–Crippen LogP) is 1.31. The number of hydrogen-bond donors (Lipinski definition) is 2. The Morgan fingerprint density at radius 3 is 2.48 bits per heavy atom. The van der Waals surface area contributed by atoms with E-state index in [-0.39, 0.29) is 31.0 Å². The lowest BCUT2D eigenvalue weighted by Crippen LogP contribution is -2.39. The zero-order valence-corrected chi connectivity index (χ0v) is 18.4. The highest BCUT2D eigenvalue weighted by molar-refractivity contribution is 6.34. The van der Waals surface area contributed by atoms with Gasteiger partial charge in [-0.15, -0.1) is 10.6 Å². The van der Waals surface area contributed by atoms with Crippen molar-refractivity contribution in [1.82, 2.24) is 31.0 Å². The summed E-state index contributed by atoms with van der Waals surface area (Å²) in [4.78, 5) is 38.1. The Bertz CT molecular complexity index is 1090. The molecule has 0 radical (unpaired) electrons. The van der Waals surface area contributed by atoms with E-state index in [4.69, 9.17) is 4.74 Å². The molecule has 2 N–H and O–H groups in total. The van der Waals surface area contributed by atoms with Crippen LogP contribution >= 0.6 is 0 Å². The highest BCUT2D eigenvalue weighted by Gasteiger charge is 2.38. The summed E-state index contributed by atoms with van der Waals surface area (Å²) in [6.45, 7) is 5.45. The number of halogens is 1. The smallest absolute Gasteiger partial charge is 0.357 e. The van der Waals surface area contributed by atoms with Gasteiger partial charge in [-0.3, -0.25) is 20.0 Å². The molecule has 1 aromatic heterocycles. The number of carbonyl (C=O) groups is 3. The largest absolute Gasteiger partial charge is 0.455 e. The molecule has 1 unspecified atom stereocenters. The van der Waals surface area contributed by atoms with Crippen LogP contribution in [0.5, 0.6) is 0 Å². The van der Waals surface area contributed by atoms with Crippen molar-refractivity contribution in [1.29, 1.82) is 0 Å². The van der Waals surface area contributed by atoms with Crippen molar-refractivity contribution in [2.24, 2.45) is 0 Å². The minimum atomic E-state index is -1.29. The van der Waals surface area contributed by atoms with Crippen LogP contribution in [0.2, 0.25) is 0 Å². The molecule has 0 saturated carbocycles. The number of hydrogen-bond acceptors (Lipinski definition) is 9. The SMILES string of the molecule is CC(C)(C)OC(=O)C1=CN(CCC(F)Cn2cc(N3C(=O)c4ccccc4C3=O)nn2)NN1. The quantitative estimate of drug-likeness (QED) is 0.468. The number of benzene rings is 1. The summed E-state index contributed by atoms with van der Waals surface area (Å²) in [6.07, 6.45) is 1.71. The normalized spacial score (nSPS) is 16.5. The van der Waals surface area contributed by atoms with Crippen LogP contribution in [-0.4, -0.2) is 56.1 Å². The molecule has 3 heterocycles. The molecule has 4 rings (SSSR count). The second kappa shape index (κ2) is 8.62. The first kappa shape index (κ1) is 22.4. The minimum absolute atomic E-state index is 0.0451. The fraction of sp³-hybridized carbons (Fsp3) is 0.381. The molecule has 0 aliphatic carbocycles. The van der Waals surface area contributed by atoms with Gasteiger partial charge < -0.3 is 4.74 Å². The van der Waals surface area contributed by atoms with Crippen molar-refractivity contribution in [2.45, 2.75) is 45.5 Å². The topological polar surface area (TPSA) is 122 Å². The average Bonchev–Trinajstić information content (AvgIpc) is 3.45. The Morgan fingerprint density at radius 1 is 1.18 bits per heavy atom. The Labute approximate surface area is 189 Å². The number of rotatable bonds is 7. The summed E-state index contributed by atoms with van der Waals surface area (Å²) >= 11 is 0. The van der Waals surface area contributed by atoms with Gasteiger partial charge in [0.25, 0.3) is 11.8 Å². The Kier molecular flexibility index (Phi) is 5.85. The molecule has 33 heavy (non-hydrogen) atoms. The first-order chi connectivity index (χ1) is 15.6. The maximum absolute atomic E-state index is 14.6. The van der Waals surface area contributed by atoms with E-state index in [9.17, 15) is 18.8 Å². The highest BCUT2D eigenvalue weighted by atomic mass is 19.1. The Balaban J connectivity index is 1.30. The number of nitrogens with zero attached hydrogens (tertiary/aromatic N) is 5. The van der Waals surface area contributed by atoms with E-state index in [1.165, 1.54) is 22.1 Å². The fourth-order valence-corrected chi connectivity index (χ4v) is 3.36. The van der Waals surface area contributed by atoms with Gasteiger partial charge in [0.2, 0.25) is 0 Å². The fourth-order valence-electron chi connectivity index (χ4n) is 3.36. The Hall–Kier alpha value is -3.80. The van der Waals surface area contributed by atoms with Crippen LogP contribution in [0.4, 0.5) is 10.2 Å². The van der Waals surface area contributed by atoms with E-state index in [2.05, 4.69) is 21.3 Å². The van der Waals surface area contributed by atoms with Crippen molar-refractivity contribution in [3.8, 4) is 0 Å². The monoisotopic (exact) mass is 457 g/mol. The van der Waals surface area contributed by atoms with Gasteiger partial charge in [-0.25, -0.2) is 18.8 Å². The molecule has 2 aromatic rings. The molecule has 1 aromatic carbocycles. The lowest BCUT2D eigenvalue weighted by Gasteiger charge is -2.19. The van der Waals surface area contributed by atoms with Crippen LogP contribution in [0.25, 0.3) is 0 Å². The van der Waals surface area contributed by atoms with E-state index >= 15 is 0 Å².